The van der Waals surface area contributed by atoms with Gasteiger partial charge in [0.15, 0.2) is 0 Å². The zero-order valence-corrected chi connectivity index (χ0v) is 15.4. The Morgan fingerprint density at radius 2 is 1.89 bits per heavy atom. The van der Waals surface area contributed by atoms with Gasteiger partial charge in [0.2, 0.25) is 5.91 Å². The Balaban J connectivity index is 1.53. The number of nitrogens with one attached hydrogen (secondary N) is 1. The fourth-order valence-electron chi connectivity index (χ4n) is 3.36. The van der Waals surface area contributed by atoms with E-state index in [9.17, 15) is 24.2 Å². The Kier molecular flexibility index (Phi) is 6.31. The summed E-state index contributed by atoms with van der Waals surface area (Å²) in [6.07, 6.45) is -2.20. The standard InChI is InChI=1S/C18H22ClFN2O5/c19-11-7-10(3-4-12(11)20)18(26)21-9-14-17(25)16(24)13(27-14)8-15(23)22-5-1-2-6-22/h3-4,7,13-14,16-17,24-25H,1-2,5-6,8-9H2,(H,21,26)/t13-,14+,16-,17+/m0/s1. The normalized spacial score (nSPS) is 27.8. The van der Waals surface area contributed by atoms with Crippen LogP contribution in [-0.4, -0.2) is 71.0 Å². The maximum atomic E-state index is 13.2. The van der Waals surface area contributed by atoms with Crippen molar-refractivity contribution in [3.05, 3.63) is 34.6 Å². The molecule has 2 fully saturated rings. The Labute approximate surface area is 161 Å². The maximum Gasteiger partial charge on any atom is 0.251 e. The predicted octanol–water partition coefficient (Wildman–Crippen LogP) is 0.711. The van der Waals surface area contributed by atoms with E-state index in [1.165, 1.54) is 12.1 Å². The van der Waals surface area contributed by atoms with E-state index in [1.807, 2.05) is 0 Å². The third-order valence-corrected chi connectivity index (χ3v) is 5.23. The Morgan fingerprint density at radius 3 is 2.56 bits per heavy atom. The second kappa shape index (κ2) is 8.52. The molecule has 3 rings (SSSR count). The van der Waals surface area contributed by atoms with Gasteiger partial charge >= 0.3 is 0 Å². The van der Waals surface area contributed by atoms with E-state index in [0.717, 1.165) is 18.9 Å². The molecular formula is C18H22ClFN2O5. The van der Waals surface area contributed by atoms with Crippen LogP contribution in [0.4, 0.5) is 4.39 Å². The molecule has 1 aromatic rings. The zero-order chi connectivity index (χ0) is 19.6. The number of hydrogen-bond donors (Lipinski definition) is 3. The number of likely N-dealkylation sites (tertiary alicyclic amines) is 1. The summed E-state index contributed by atoms with van der Waals surface area (Å²) < 4.78 is 18.8. The van der Waals surface area contributed by atoms with Crippen LogP contribution in [0.25, 0.3) is 0 Å². The molecule has 2 aliphatic rings. The predicted molar refractivity (Wildman–Crippen MR) is 94.8 cm³/mol. The molecule has 7 nitrogen and oxygen atoms in total. The first-order chi connectivity index (χ1) is 12.9. The average Bonchev–Trinajstić information content (AvgIpc) is 3.27. The van der Waals surface area contributed by atoms with Gasteiger partial charge in [-0.05, 0) is 31.0 Å². The Hall–Kier alpha value is -1.74. The second-order valence-corrected chi connectivity index (χ2v) is 7.23. The van der Waals surface area contributed by atoms with Gasteiger partial charge in [-0.1, -0.05) is 11.6 Å². The van der Waals surface area contributed by atoms with Crippen LogP contribution in [0.3, 0.4) is 0 Å². The van der Waals surface area contributed by atoms with Crippen LogP contribution in [0, 0.1) is 5.82 Å². The summed E-state index contributed by atoms with van der Waals surface area (Å²) in [6, 6.07) is 3.57. The summed E-state index contributed by atoms with van der Waals surface area (Å²) in [5.41, 5.74) is 0.162. The van der Waals surface area contributed by atoms with E-state index in [1.54, 1.807) is 4.90 Å². The molecule has 4 atom stereocenters. The second-order valence-electron chi connectivity index (χ2n) is 6.83. The minimum atomic E-state index is -1.22. The minimum Gasteiger partial charge on any atom is -0.388 e. The Morgan fingerprint density at radius 1 is 1.22 bits per heavy atom. The molecule has 0 radical (unpaired) electrons. The van der Waals surface area contributed by atoms with Crippen molar-refractivity contribution >= 4 is 23.4 Å². The zero-order valence-electron chi connectivity index (χ0n) is 14.6. The molecule has 0 unspecified atom stereocenters. The third-order valence-electron chi connectivity index (χ3n) is 4.94. The molecule has 3 N–H and O–H groups in total. The van der Waals surface area contributed by atoms with Crippen molar-refractivity contribution in [2.45, 2.75) is 43.7 Å². The molecule has 0 aliphatic carbocycles. The highest BCUT2D eigenvalue weighted by molar-refractivity contribution is 6.31. The summed E-state index contributed by atoms with van der Waals surface area (Å²) in [4.78, 5) is 26.1. The van der Waals surface area contributed by atoms with Gasteiger partial charge in [-0.3, -0.25) is 9.59 Å². The minimum absolute atomic E-state index is 0.0176. The number of carbonyl (C=O) groups is 2. The van der Waals surface area contributed by atoms with Gasteiger partial charge in [-0.2, -0.15) is 0 Å². The first-order valence-electron chi connectivity index (χ1n) is 8.89. The molecule has 2 aliphatic heterocycles. The van der Waals surface area contributed by atoms with Crippen molar-refractivity contribution in [2.24, 2.45) is 0 Å². The van der Waals surface area contributed by atoms with E-state index >= 15 is 0 Å². The van der Waals surface area contributed by atoms with E-state index in [0.29, 0.717) is 13.1 Å². The molecular weight excluding hydrogens is 379 g/mol. The monoisotopic (exact) mass is 400 g/mol. The number of aliphatic hydroxyl groups is 2. The molecule has 2 amide bonds. The molecule has 1 aromatic carbocycles. The highest BCUT2D eigenvalue weighted by atomic mass is 35.5. The smallest absolute Gasteiger partial charge is 0.251 e. The SMILES string of the molecule is O=C(NC[C@H]1O[C@@H](CC(=O)N2CCCC2)[C@H](O)[C@@H]1O)c1ccc(F)c(Cl)c1. The molecule has 2 saturated heterocycles. The van der Waals surface area contributed by atoms with Crippen LogP contribution in [0.2, 0.25) is 5.02 Å². The molecule has 0 bridgehead atoms. The first-order valence-corrected chi connectivity index (χ1v) is 9.27. The molecule has 0 spiro atoms. The topological polar surface area (TPSA) is 99.1 Å². The maximum absolute atomic E-state index is 13.2. The number of benzene rings is 1. The van der Waals surface area contributed by atoms with Crippen molar-refractivity contribution in [1.82, 2.24) is 10.2 Å². The fourth-order valence-corrected chi connectivity index (χ4v) is 3.54. The van der Waals surface area contributed by atoms with Crippen LogP contribution in [0.5, 0.6) is 0 Å². The number of nitrogens with zero attached hydrogens (tertiary/aromatic N) is 1. The van der Waals surface area contributed by atoms with Gasteiger partial charge < -0.3 is 25.2 Å². The van der Waals surface area contributed by atoms with Crippen LogP contribution >= 0.6 is 11.6 Å². The van der Waals surface area contributed by atoms with Gasteiger partial charge in [-0.25, -0.2) is 4.39 Å². The molecule has 148 valence electrons. The van der Waals surface area contributed by atoms with E-state index in [-0.39, 0.29) is 29.5 Å². The molecule has 2 heterocycles. The van der Waals surface area contributed by atoms with Crippen LogP contribution in [0.15, 0.2) is 18.2 Å². The number of aliphatic hydroxyl groups excluding tert-OH is 2. The lowest BCUT2D eigenvalue weighted by atomic mass is 10.0. The van der Waals surface area contributed by atoms with E-state index < -0.39 is 36.1 Å². The highest BCUT2D eigenvalue weighted by Crippen LogP contribution is 2.25. The summed E-state index contributed by atoms with van der Waals surface area (Å²) in [5, 5.41) is 22.7. The molecule has 27 heavy (non-hydrogen) atoms. The number of rotatable bonds is 5. The van der Waals surface area contributed by atoms with Gasteiger partial charge in [0.05, 0.1) is 17.5 Å². The molecule has 0 aromatic heterocycles. The molecule has 0 saturated carbocycles. The number of ether oxygens (including phenoxy) is 1. The molecule has 9 heteroatoms. The summed E-state index contributed by atoms with van der Waals surface area (Å²) in [6.45, 7) is 1.33. The third kappa shape index (κ3) is 4.57. The summed E-state index contributed by atoms with van der Waals surface area (Å²) in [5.74, 6) is -1.26. The number of halogens is 2. The number of carbonyl (C=O) groups excluding carboxylic acids is 2. The number of hydrogen-bond acceptors (Lipinski definition) is 5. The van der Waals surface area contributed by atoms with Crippen molar-refractivity contribution in [3.63, 3.8) is 0 Å². The Bertz CT molecular complexity index is 713. The van der Waals surface area contributed by atoms with Crippen molar-refractivity contribution in [3.8, 4) is 0 Å². The quantitative estimate of drug-likeness (QED) is 0.676. The van der Waals surface area contributed by atoms with Crippen molar-refractivity contribution in [2.75, 3.05) is 19.6 Å². The van der Waals surface area contributed by atoms with Crippen LogP contribution in [-0.2, 0) is 9.53 Å². The van der Waals surface area contributed by atoms with Gasteiger partial charge in [-0.15, -0.1) is 0 Å². The van der Waals surface area contributed by atoms with Crippen molar-refractivity contribution < 1.29 is 28.9 Å². The van der Waals surface area contributed by atoms with Gasteiger partial charge in [0.25, 0.3) is 5.91 Å². The highest BCUT2D eigenvalue weighted by Gasteiger charge is 2.43. The van der Waals surface area contributed by atoms with Gasteiger partial charge in [0, 0.05) is 25.2 Å². The lowest BCUT2D eigenvalue weighted by molar-refractivity contribution is -0.134. The lowest BCUT2D eigenvalue weighted by Crippen LogP contribution is -2.40. The van der Waals surface area contributed by atoms with E-state index in [2.05, 4.69) is 5.32 Å². The van der Waals surface area contributed by atoms with Gasteiger partial charge in [0.1, 0.15) is 24.1 Å². The summed E-state index contributed by atoms with van der Waals surface area (Å²) in [7, 11) is 0. The number of amides is 2. The average molecular weight is 401 g/mol. The summed E-state index contributed by atoms with van der Waals surface area (Å²) >= 11 is 5.66. The largest absolute Gasteiger partial charge is 0.388 e. The lowest BCUT2D eigenvalue weighted by Gasteiger charge is -2.19. The first kappa shape index (κ1) is 20.0. The fraction of sp³-hybridized carbons (Fsp3) is 0.556. The van der Waals surface area contributed by atoms with Crippen molar-refractivity contribution in [1.29, 1.82) is 0 Å². The van der Waals surface area contributed by atoms with E-state index in [4.69, 9.17) is 16.3 Å². The van der Waals surface area contributed by atoms with Crippen LogP contribution < -0.4 is 5.32 Å². The van der Waals surface area contributed by atoms with Crippen LogP contribution in [0.1, 0.15) is 29.6 Å².